The molecule has 2 aromatic rings. The third kappa shape index (κ3) is 4.91. The quantitative estimate of drug-likeness (QED) is 0.645. The highest BCUT2D eigenvalue weighted by atomic mass is 16.5. The molecule has 2 rings (SSSR count). The van der Waals surface area contributed by atoms with Crippen molar-refractivity contribution in [1.82, 2.24) is 0 Å². The van der Waals surface area contributed by atoms with E-state index in [2.05, 4.69) is 10.1 Å². The van der Waals surface area contributed by atoms with E-state index in [9.17, 15) is 14.4 Å². The molecule has 1 N–H and O–H groups in total. The molecule has 0 aliphatic carbocycles. The van der Waals surface area contributed by atoms with E-state index in [1.165, 1.54) is 20.1 Å². The molecule has 1 atom stereocenters. The third-order valence-corrected chi connectivity index (χ3v) is 3.50. The van der Waals surface area contributed by atoms with Gasteiger partial charge in [0.25, 0.3) is 5.91 Å². The fraction of sp³-hybridized carbons (Fsp3) is 0.211. The molecule has 0 saturated carbocycles. The predicted molar refractivity (Wildman–Crippen MR) is 92.9 cm³/mol. The number of benzene rings is 2. The highest BCUT2D eigenvalue weighted by Gasteiger charge is 2.16. The van der Waals surface area contributed by atoms with Crippen LogP contribution in [-0.4, -0.2) is 30.9 Å². The lowest BCUT2D eigenvalue weighted by Gasteiger charge is -2.15. The number of ether oxygens (including phenoxy) is 2. The molecule has 130 valence electrons. The zero-order valence-corrected chi connectivity index (χ0v) is 14.2. The molecule has 2 aromatic carbocycles. The van der Waals surface area contributed by atoms with Crippen LogP contribution < -0.4 is 10.1 Å². The van der Waals surface area contributed by atoms with Gasteiger partial charge in [-0.05, 0) is 56.3 Å². The van der Waals surface area contributed by atoms with Crippen LogP contribution in [0.5, 0.6) is 5.75 Å². The Morgan fingerprint density at radius 2 is 1.68 bits per heavy atom. The summed E-state index contributed by atoms with van der Waals surface area (Å²) in [7, 11) is 1.29. The van der Waals surface area contributed by atoms with Gasteiger partial charge in [0, 0.05) is 11.3 Å². The third-order valence-electron chi connectivity index (χ3n) is 3.50. The summed E-state index contributed by atoms with van der Waals surface area (Å²) < 4.78 is 10.2. The molecular weight excluding hydrogens is 322 g/mol. The Labute approximate surface area is 145 Å². The average Bonchev–Trinajstić information content (AvgIpc) is 2.61. The Morgan fingerprint density at radius 1 is 1.00 bits per heavy atom. The first-order chi connectivity index (χ1) is 11.9. The standard InChI is InChI=1S/C19H19NO5/c1-12(21)14-7-9-16(10-8-14)20-18(22)13(2)25-17-6-4-5-15(11-17)19(23)24-3/h4-11,13H,1-3H3,(H,20,22)/t13-/m0/s1. The first-order valence-electron chi connectivity index (χ1n) is 7.67. The molecular formula is C19H19NO5. The SMILES string of the molecule is COC(=O)c1cccc(O[C@@H](C)C(=O)Nc2ccc(C(C)=O)cc2)c1. The number of anilines is 1. The molecule has 0 aliphatic rings. The molecule has 25 heavy (non-hydrogen) atoms. The van der Waals surface area contributed by atoms with Crippen molar-refractivity contribution in [2.75, 3.05) is 12.4 Å². The van der Waals surface area contributed by atoms with E-state index < -0.39 is 12.1 Å². The van der Waals surface area contributed by atoms with Gasteiger partial charge in [-0.25, -0.2) is 4.79 Å². The summed E-state index contributed by atoms with van der Waals surface area (Å²) in [6, 6.07) is 13.0. The van der Waals surface area contributed by atoms with Crippen molar-refractivity contribution in [2.45, 2.75) is 20.0 Å². The van der Waals surface area contributed by atoms with Crippen molar-refractivity contribution in [3.63, 3.8) is 0 Å². The average molecular weight is 341 g/mol. The second-order valence-corrected chi connectivity index (χ2v) is 5.40. The minimum Gasteiger partial charge on any atom is -0.481 e. The van der Waals surface area contributed by atoms with Crippen LogP contribution in [0.15, 0.2) is 48.5 Å². The summed E-state index contributed by atoms with van der Waals surface area (Å²) in [4.78, 5) is 35.0. The van der Waals surface area contributed by atoms with E-state index in [0.29, 0.717) is 22.6 Å². The lowest BCUT2D eigenvalue weighted by atomic mass is 10.1. The number of carbonyl (C=O) groups is 3. The van der Waals surface area contributed by atoms with E-state index in [0.717, 1.165) is 0 Å². The number of esters is 1. The number of Topliss-reactive ketones (excluding diaryl/α,β-unsaturated/α-hetero) is 1. The molecule has 0 saturated heterocycles. The first-order valence-corrected chi connectivity index (χ1v) is 7.67. The Morgan fingerprint density at radius 3 is 2.28 bits per heavy atom. The largest absolute Gasteiger partial charge is 0.481 e. The predicted octanol–water partition coefficient (Wildman–Crippen LogP) is 3.08. The molecule has 6 nitrogen and oxygen atoms in total. The van der Waals surface area contributed by atoms with Gasteiger partial charge >= 0.3 is 5.97 Å². The second kappa shape index (κ2) is 8.10. The number of nitrogens with one attached hydrogen (secondary N) is 1. The number of hydrogen-bond donors (Lipinski definition) is 1. The Bertz CT molecular complexity index is 783. The molecule has 0 aromatic heterocycles. The van der Waals surface area contributed by atoms with Crippen LogP contribution in [-0.2, 0) is 9.53 Å². The molecule has 0 fully saturated rings. The van der Waals surface area contributed by atoms with Crippen molar-refractivity contribution in [3.8, 4) is 5.75 Å². The molecule has 1 amide bonds. The monoisotopic (exact) mass is 341 g/mol. The maximum atomic E-state index is 12.2. The zero-order chi connectivity index (χ0) is 18.4. The molecule has 0 aliphatic heterocycles. The van der Waals surface area contributed by atoms with E-state index in [1.807, 2.05) is 0 Å². The highest BCUT2D eigenvalue weighted by Crippen LogP contribution is 2.17. The number of carbonyl (C=O) groups excluding carboxylic acids is 3. The van der Waals surface area contributed by atoms with Crippen LogP contribution in [0.3, 0.4) is 0 Å². The van der Waals surface area contributed by atoms with Gasteiger partial charge in [0.2, 0.25) is 0 Å². The van der Waals surface area contributed by atoms with E-state index in [-0.39, 0.29) is 11.7 Å². The summed E-state index contributed by atoms with van der Waals surface area (Å²) in [5.41, 5.74) is 1.48. The summed E-state index contributed by atoms with van der Waals surface area (Å²) in [5.74, 6) is -0.482. The summed E-state index contributed by atoms with van der Waals surface area (Å²) in [5, 5.41) is 2.71. The van der Waals surface area contributed by atoms with Gasteiger partial charge in [-0.3, -0.25) is 9.59 Å². The van der Waals surface area contributed by atoms with E-state index in [4.69, 9.17) is 4.74 Å². The van der Waals surface area contributed by atoms with Crippen molar-refractivity contribution in [2.24, 2.45) is 0 Å². The first kappa shape index (κ1) is 18.2. The van der Waals surface area contributed by atoms with Crippen LogP contribution in [0.1, 0.15) is 34.6 Å². The number of hydrogen-bond acceptors (Lipinski definition) is 5. The topological polar surface area (TPSA) is 81.7 Å². The molecule has 0 bridgehead atoms. The lowest BCUT2D eigenvalue weighted by molar-refractivity contribution is -0.122. The van der Waals surface area contributed by atoms with Gasteiger partial charge in [0.15, 0.2) is 11.9 Å². The van der Waals surface area contributed by atoms with Crippen LogP contribution in [0, 0.1) is 0 Å². The Hall–Kier alpha value is -3.15. The second-order valence-electron chi connectivity index (χ2n) is 5.40. The van der Waals surface area contributed by atoms with Gasteiger partial charge in [-0.15, -0.1) is 0 Å². The molecule has 6 heteroatoms. The fourth-order valence-electron chi connectivity index (χ4n) is 2.10. The summed E-state index contributed by atoms with van der Waals surface area (Å²) >= 11 is 0. The number of rotatable bonds is 6. The Balaban J connectivity index is 2.00. The molecule has 0 heterocycles. The minimum absolute atomic E-state index is 0.0416. The fourth-order valence-corrected chi connectivity index (χ4v) is 2.10. The van der Waals surface area contributed by atoms with Crippen molar-refractivity contribution in [1.29, 1.82) is 0 Å². The molecule has 0 unspecified atom stereocenters. The van der Waals surface area contributed by atoms with Crippen LogP contribution >= 0.6 is 0 Å². The lowest BCUT2D eigenvalue weighted by Crippen LogP contribution is -2.30. The van der Waals surface area contributed by atoms with Crippen molar-refractivity contribution < 1.29 is 23.9 Å². The van der Waals surface area contributed by atoms with E-state index >= 15 is 0 Å². The van der Waals surface area contributed by atoms with Crippen LogP contribution in [0.25, 0.3) is 0 Å². The maximum absolute atomic E-state index is 12.2. The number of ketones is 1. The minimum atomic E-state index is -0.777. The summed E-state index contributed by atoms with van der Waals surface area (Å²) in [6.07, 6.45) is -0.777. The maximum Gasteiger partial charge on any atom is 0.337 e. The van der Waals surface area contributed by atoms with Gasteiger partial charge in [-0.1, -0.05) is 6.07 Å². The number of methoxy groups -OCH3 is 1. The van der Waals surface area contributed by atoms with Crippen molar-refractivity contribution in [3.05, 3.63) is 59.7 Å². The molecule has 0 radical (unpaired) electrons. The highest BCUT2D eigenvalue weighted by molar-refractivity contribution is 5.96. The smallest absolute Gasteiger partial charge is 0.337 e. The van der Waals surface area contributed by atoms with Crippen LogP contribution in [0.2, 0.25) is 0 Å². The van der Waals surface area contributed by atoms with Gasteiger partial charge in [-0.2, -0.15) is 0 Å². The zero-order valence-electron chi connectivity index (χ0n) is 14.2. The van der Waals surface area contributed by atoms with Gasteiger partial charge in [0.1, 0.15) is 5.75 Å². The molecule has 0 spiro atoms. The van der Waals surface area contributed by atoms with Gasteiger partial charge in [0.05, 0.1) is 12.7 Å². The van der Waals surface area contributed by atoms with Crippen molar-refractivity contribution >= 4 is 23.3 Å². The van der Waals surface area contributed by atoms with Gasteiger partial charge < -0.3 is 14.8 Å². The Kier molecular flexibility index (Phi) is 5.89. The number of amides is 1. The van der Waals surface area contributed by atoms with E-state index in [1.54, 1.807) is 49.4 Å². The summed E-state index contributed by atoms with van der Waals surface area (Å²) in [6.45, 7) is 3.08. The van der Waals surface area contributed by atoms with Crippen LogP contribution in [0.4, 0.5) is 5.69 Å². The normalized spacial score (nSPS) is 11.3.